The third kappa shape index (κ3) is 4.72. The lowest BCUT2D eigenvalue weighted by Crippen LogP contribution is -2.25. The largest absolute Gasteiger partial charge is 0.497 e. The summed E-state index contributed by atoms with van der Waals surface area (Å²) in [6.07, 6.45) is 6.50. The Morgan fingerprint density at radius 2 is 2.24 bits per heavy atom. The van der Waals surface area contributed by atoms with Gasteiger partial charge in [-0.15, -0.1) is 0 Å². The molecule has 1 N–H and O–H groups in total. The zero-order valence-corrected chi connectivity index (χ0v) is 13.7. The minimum atomic E-state index is 0.409. The molecular formula is C18H29NO2. The number of hydrogen-bond acceptors (Lipinski definition) is 3. The van der Waals surface area contributed by atoms with Gasteiger partial charge < -0.3 is 14.8 Å². The fraction of sp³-hybridized carbons (Fsp3) is 0.667. The highest BCUT2D eigenvalue weighted by atomic mass is 16.5. The van der Waals surface area contributed by atoms with Crippen LogP contribution in [0.2, 0.25) is 0 Å². The summed E-state index contributed by atoms with van der Waals surface area (Å²) in [5, 5.41) is 3.62. The fourth-order valence-electron chi connectivity index (χ4n) is 3.17. The Kier molecular flexibility index (Phi) is 6.52. The van der Waals surface area contributed by atoms with E-state index in [2.05, 4.69) is 37.4 Å². The van der Waals surface area contributed by atoms with Crippen LogP contribution in [0, 0.1) is 6.92 Å². The molecule has 0 spiro atoms. The highest BCUT2D eigenvalue weighted by Crippen LogP contribution is 2.28. The number of methoxy groups -OCH3 is 1. The smallest absolute Gasteiger partial charge is 0.119 e. The van der Waals surface area contributed by atoms with Crippen LogP contribution in [0.15, 0.2) is 18.2 Å². The summed E-state index contributed by atoms with van der Waals surface area (Å²) >= 11 is 0. The third-order valence-corrected chi connectivity index (χ3v) is 4.35. The van der Waals surface area contributed by atoms with Crippen LogP contribution in [-0.4, -0.2) is 26.4 Å². The SMILES string of the molecule is CCNC(CCC1CCCCO1)c1ccc(OC)cc1C. The molecule has 3 heteroatoms. The maximum Gasteiger partial charge on any atom is 0.119 e. The average Bonchev–Trinajstić information content (AvgIpc) is 2.52. The molecule has 1 aliphatic heterocycles. The summed E-state index contributed by atoms with van der Waals surface area (Å²) in [4.78, 5) is 0. The van der Waals surface area contributed by atoms with Gasteiger partial charge in [-0.25, -0.2) is 0 Å². The van der Waals surface area contributed by atoms with Crippen LogP contribution in [0.3, 0.4) is 0 Å². The molecule has 0 aliphatic carbocycles. The monoisotopic (exact) mass is 291 g/mol. The van der Waals surface area contributed by atoms with Gasteiger partial charge in [-0.1, -0.05) is 13.0 Å². The van der Waals surface area contributed by atoms with Gasteiger partial charge >= 0.3 is 0 Å². The summed E-state index contributed by atoms with van der Waals surface area (Å²) in [6.45, 7) is 6.27. The molecule has 1 aliphatic rings. The van der Waals surface area contributed by atoms with E-state index in [1.165, 1.54) is 30.4 Å². The van der Waals surface area contributed by atoms with Crippen molar-refractivity contribution in [3.8, 4) is 5.75 Å². The van der Waals surface area contributed by atoms with Crippen LogP contribution in [0.1, 0.15) is 56.2 Å². The third-order valence-electron chi connectivity index (χ3n) is 4.35. The summed E-state index contributed by atoms with van der Waals surface area (Å²) in [7, 11) is 1.72. The molecule has 1 fully saturated rings. The van der Waals surface area contributed by atoms with E-state index in [1.807, 2.05) is 0 Å². The highest BCUT2D eigenvalue weighted by molar-refractivity contribution is 5.36. The van der Waals surface area contributed by atoms with Crippen molar-refractivity contribution < 1.29 is 9.47 Å². The second-order valence-electron chi connectivity index (χ2n) is 5.90. The van der Waals surface area contributed by atoms with Gasteiger partial charge in [0.15, 0.2) is 0 Å². The van der Waals surface area contributed by atoms with Gasteiger partial charge in [-0.2, -0.15) is 0 Å². The molecule has 1 saturated heterocycles. The number of nitrogens with one attached hydrogen (secondary N) is 1. The first kappa shape index (κ1) is 16.3. The zero-order chi connectivity index (χ0) is 15.1. The van der Waals surface area contributed by atoms with Crippen molar-refractivity contribution in [2.45, 2.75) is 58.1 Å². The van der Waals surface area contributed by atoms with Crippen LogP contribution in [0.25, 0.3) is 0 Å². The molecule has 0 amide bonds. The highest BCUT2D eigenvalue weighted by Gasteiger charge is 2.18. The van der Waals surface area contributed by atoms with Crippen molar-refractivity contribution >= 4 is 0 Å². The Labute approximate surface area is 129 Å². The van der Waals surface area contributed by atoms with E-state index < -0.39 is 0 Å². The number of aryl methyl sites for hydroxylation is 1. The fourth-order valence-corrected chi connectivity index (χ4v) is 3.17. The maximum absolute atomic E-state index is 5.86. The first-order valence-electron chi connectivity index (χ1n) is 8.24. The predicted molar refractivity (Wildman–Crippen MR) is 87.0 cm³/mol. The molecule has 0 bridgehead atoms. The van der Waals surface area contributed by atoms with E-state index in [-0.39, 0.29) is 0 Å². The Hall–Kier alpha value is -1.06. The second-order valence-corrected chi connectivity index (χ2v) is 5.90. The maximum atomic E-state index is 5.86. The molecule has 118 valence electrons. The van der Waals surface area contributed by atoms with Crippen molar-refractivity contribution in [1.29, 1.82) is 0 Å². The lowest BCUT2D eigenvalue weighted by atomic mass is 9.94. The van der Waals surface area contributed by atoms with Gasteiger partial charge in [0.05, 0.1) is 13.2 Å². The van der Waals surface area contributed by atoms with Gasteiger partial charge in [-0.05, 0) is 68.8 Å². The van der Waals surface area contributed by atoms with Crippen LogP contribution in [0.4, 0.5) is 0 Å². The Morgan fingerprint density at radius 3 is 2.86 bits per heavy atom. The molecule has 1 aromatic rings. The summed E-state index contributed by atoms with van der Waals surface area (Å²) in [5.74, 6) is 0.933. The molecule has 2 atom stereocenters. The molecule has 1 aromatic carbocycles. The molecule has 1 heterocycles. The van der Waals surface area contributed by atoms with Crippen molar-refractivity contribution in [1.82, 2.24) is 5.32 Å². The minimum absolute atomic E-state index is 0.409. The van der Waals surface area contributed by atoms with Gasteiger partial charge in [0.2, 0.25) is 0 Å². The number of benzene rings is 1. The van der Waals surface area contributed by atoms with Crippen molar-refractivity contribution in [2.24, 2.45) is 0 Å². The zero-order valence-electron chi connectivity index (χ0n) is 13.7. The predicted octanol–water partition coefficient (Wildman–Crippen LogP) is 4.00. The van der Waals surface area contributed by atoms with E-state index in [1.54, 1.807) is 7.11 Å². The van der Waals surface area contributed by atoms with Crippen LogP contribution < -0.4 is 10.1 Å². The van der Waals surface area contributed by atoms with Crippen molar-refractivity contribution in [2.75, 3.05) is 20.3 Å². The molecular weight excluding hydrogens is 262 g/mol. The molecule has 21 heavy (non-hydrogen) atoms. The Bertz CT molecular complexity index is 427. The molecule has 2 rings (SSSR count). The summed E-state index contributed by atoms with van der Waals surface area (Å²) in [6, 6.07) is 6.79. The van der Waals surface area contributed by atoms with E-state index in [4.69, 9.17) is 9.47 Å². The van der Waals surface area contributed by atoms with E-state index in [0.29, 0.717) is 12.1 Å². The van der Waals surface area contributed by atoms with Gasteiger partial charge in [0.1, 0.15) is 5.75 Å². The van der Waals surface area contributed by atoms with E-state index in [0.717, 1.165) is 31.7 Å². The van der Waals surface area contributed by atoms with Crippen molar-refractivity contribution in [3.63, 3.8) is 0 Å². The first-order chi connectivity index (χ1) is 10.2. The lowest BCUT2D eigenvalue weighted by molar-refractivity contribution is 0.00855. The molecule has 3 nitrogen and oxygen atoms in total. The quantitative estimate of drug-likeness (QED) is 0.823. The standard InChI is InChI=1S/C18H29NO2/c1-4-19-18(11-9-15-7-5-6-12-21-15)17-10-8-16(20-3)13-14(17)2/h8,10,13,15,18-19H,4-7,9,11-12H2,1-3H3. The van der Waals surface area contributed by atoms with E-state index >= 15 is 0 Å². The topological polar surface area (TPSA) is 30.5 Å². The second kappa shape index (κ2) is 8.40. The average molecular weight is 291 g/mol. The first-order valence-corrected chi connectivity index (χ1v) is 8.24. The minimum Gasteiger partial charge on any atom is -0.497 e. The van der Waals surface area contributed by atoms with Crippen LogP contribution >= 0.6 is 0 Å². The number of hydrogen-bond donors (Lipinski definition) is 1. The Balaban J connectivity index is 2.00. The van der Waals surface area contributed by atoms with Gasteiger partial charge in [0.25, 0.3) is 0 Å². The Morgan fingerprint density at radius 1 is 1.38 bits per heavy atom. The molecule has 0 aromatic heterocycles. The van der Waals surface area contributed by atoms with Crippen molar-refractivity contribution in [3.05, 3.63) is 29.3 Å². The number of rotatable bonds is 7. The lowest BCUT2D eigenvalue weighted by Gasteiger charge is -2.26. The summed E-state index contributed by atoms with van der Waals surface area (Å²) in [5.41, 5.74) is 2.68. The molecule has 2 unspecified atom stereocenters. The number of ether oxygens (including phenoxy) is 2. The molecule has 0 radical (unpaired) electrons. The van der Waals surface area contributed by atoms with E-state index in [9.17, 15) is 0 Å². The van der Waals surface area contributed by atoms with Gasteiger partial charge in [0, 0.05) is 12.6 Å². The van der Waals surface area contributed by atoms with Gasteiger partial charge in [-0.3, -0.25) is 0 Å². The van der Waals surface area contributed by atoms with Crippen LogP contribution in [-0.2, 0) is 4.74 Å². The molecule has 0 saturated carbocycles. The van der Waals surface area contributed by atoms with Crippen LogP contribution in [0.5, 0.6) is 5.75 Å². The summed E-state index contributed by atoms with van der Waals surface area (Å²) < 4.78 is 11.2. The normalized spacial score (nSPS) is 20.2.